The van der Waals surface area contributed by atoms with Gasteiger partial charge in [-0.3, -0.25) is 9.69 Å². The summed E-state index contributed by atoms with van der Waals surface area (Å²) in [5, 5.41) is 0. The highest BCUT2D eigenvalue weighted by Crippen LogP contribution is 2.30. The highest BCUT2D eigenvalue weighted by atomic mass is 19.1. The molecule has 0 saturated carbocycles. The highest BCUT2D eigenvalue weighted by Gasteiger charge is 2.30. The second-order valence-electron chi connectivity index (χ2n) is 4.73. The van der Waals surface area contributed by atoms with Gasteiger partial charge in [-0.05, 0) is 50.6 Å². The number of nitrogens with zero attached hydrogens (tertiary/aromatic N) is 1. The largest absolute Gasteiger partial charge is 0.278 e. The van der Waals surface area contributed by atoms with Crippen molar-refractivity contribution in [1.82, 2.24) is 0 Å². The molecule has 0 aliphatic rings. The lowest BCUT2D eigenvalue weighted by atomic mass is 10.0. The molecule has 1 amide bonds. The van der Waals surface area contributed by atoms with Gasteiger partial charge in [-0.1, -0.05) is 13.2 Å². The molecule has 4 heteroatoms. The third-order valence-electron chi connectivity index (χ3n) is 2.75. The minimum absolute atomic E-state index is 0.0212. The number of alkyl halides is 1. The van der Waals surface area contributed by atoms with E-state index in [1.54, 1.807) is 6.92 Å². The molecule has 0 fully saturated rings. The van der Waals surface area contributed by atoms with Gasteiger partial charge in [0, 0.05) is 0 Å². The van der Waals surface area contributed by atoms with E-state index in [-0.39, 0.29) is 5.70 Å². The number of amides is 1. The van der Waals surface area contributed by atoms with Crippen LogP contribution in [-0.4, -0.2) is 11.6 Å². The average Bonchev–Trinajstić information content (AvgIpc) is 2.30. The van der Waals surface area contributed by atoms with E-state index < -0.39 is 17.4 Å². The molecule has 1 aromatic rings. The van der Waals surface area contributed by atoms with E-state index in [2.05, 4.69) is 13.2 Å². The maximum Gasteiger partial charge on any atom is 0.254 e. The molecule has 0 spiro atoms. The Balaban J connectivity index is 3.37. The molecule has 0 atom stereocenters. The number of hydrogen-bond acceptors (Lipinski definition) is 1. The van der Waals surface area contributed by atoms with Crippen LogP contribution in [0.25, 0.3) is 0 Å². The van der Waals surface area contributed by atoms with Gasteiger partial charge in [0.1, 0.15) is 11.5 Å². The lowest BCUT2D eigenvalue weighted by Crippen LogP contribution is -2.36. The fourth-order valence-electron chi connectivity index (χ4n) is 1.62. The first-order chi connectivity index (χ1) is 8.68. The van der Waals surface area contributed by atoms with Gasteiger partial charge in [0.05, 0.1) is 11.4 Å². The Hall–Kier alpha value is -1.97. The topological polar surface area (TPSA) is 20.3 Å². The van der Waals surface area contributed by atoms with Crippen LogP contribution in [0.2, 0.25) is 0 Å². The number of hydrogen-bond donors (Lipinski definition) is 0. The van der Waals surface area contributed by atoms with Crippen molar-refractivity contribution < 1.29 is 13.6 Å². The molecule has 0 unspecified atom stereocenters. The van der Waals surface area contributed by atoms with Crippen molar-refractivity contribution in [3.05, 3.63) is 54.5 Å². The van der Waals surface area contributed by atoms with Crippen molar-refractivity contribution >= 4 is 11.6 Å². The minimum Gasteiger partial charge on any atom is -0.278 e. The predicted molar refractivity (Wildman–Crippen MR) is 73.1 cm³/mol. The Bertz CT molecular complexity index is 529. The van der Waals surface area contributed by atoms with Gasteiger partial charge in [-0.25, -0.2) is 8.78 Å². The quantitative estimate of drug-likeness (QED) is 0.756. The minimum atomic E-state index is -1.78. The normalized spacial score (nSPS) is 11.0. The number of allylic oxidation sites excluding steroid dienone is 1. The molecule has 2 nitrogen and oxygen atoms in total. The van der Waals surface area contributed by atoms with Gasteiger partial charge >= 0.3 is 0 Å². The van der Waals surface area contributed by atoms with E-state index in [0.29, 0.717) is 11.3 Å². The van der Waals surface area contributed by atoms with E-state index in [9.17, 15) is 13.6 Å². The van der Waals surface area contributed by atoms with Crippen LogP contribution in [0.15, 0.2) is 43.1 Å². The molecule has 19 heavy (non-hydrogen) atoms. The molecule has 0 aliphatic heterocycles. The number of rotatable bonds is 4. The zero-order chi connectivity index (χ0) is 14.8. The van der Waals surface area contributed by atoms with Gasteiger partial charge in [0.2, 0.25) is 0 Å². The standard InChI is InChI=1S/C15H17F2NO/c1-6-14(19)18(11(3)15(4,5)17)13-8-7-12(16)9-10(13)2/h6-9H,1,3H2,2,4-5H3. The first-order valence-electron chi connectivity index (χ1n) is 5.79. The van der Waals surface area contributed by atoms with E-state index in [1.807, 2.05) is 0 Å². The second kappa shape index (κ2) is 5.34. The van der Waals surface area contributed by atoms with Crippen molar-refractivity contribution in [3.63, 3.8) is 0 Å². The van der Waals surface area contributed by atoms with Crippen LogP contribution < -0.4 is 4.90 Å². The predicted octanol–water partition coefficient (Wildman–Crippen LogP) is 3.91. The molecule has 1 rings (SSSR count). The molecule has 0 aromatic heterocycles. The van der Waals surface area contributed by atoms with E-state index in [0.717, 1.165) is 11.0 Å². The molecule has 0 aliphatic carbocycles. The first-order valence-corrected chi connectivity index (χ1v) is 5.79. The Morgan fingerprint density at radius 2 is 2.00 bits per heavy atom. The molecular formula is C15H17F2NO. The monoisotopic (exact) mass is 265 g/mol. The van der Waals surface area contributed by atoms with Crippen molar-refractivity contribution in [2.24, 2.45) is 0 Å². The SMILES string of the molecule is C=CC(=O)N(C(=C)C(C)(C)F)c1ccc(F)cc1C. The number of halogens is 2. The number of anilines is 1. The molecule has 102 valence electrons. The van der Waals surface area contributed by atoms with Crippen molar-refractivity contribution in [1.29, 1.82) is 0 Å². The van der Waals surface area contributed by atoms with E-state index in [4.69, 9.17) is 0 Å². The van der Waals surface area contributed by atoms with Gasteiger partial charge in [-0.2, -0.15) is 0 Å². The number of carbonyl (C=O) groups is 1. The second-order valence-corrected chi connectivity index (χ2v) is 4.73. The summed E-state index contributed by atoms with van der Waals surface area (Å²) < 4.78 is 27.1. The summed E-state index contributed by atoms with van der Waals surface area (Å²) in [5.41, 5.74) is -0.894. The molecule has 0 heterocycles. The fraction of sp³-hybridized carbons (Fsp3) is 0.267. The summed E-state index contributed by atoms with van der Waals surface area (Å²) in [5.74, 6) is -0.928. The van der Waals surface area contributed by atoms with Crippen LogP contribution >= 0.6 is 0 Å². The molecule has 0 radical (unpaired) electrons. The lowest BCUT2D eigenvalue weighted by molar-refractivity contribution is -0.114. The summed E-state index contributed by atoms with van der Waals surface area (Å²) in [6.45, 7) is 11.3. The van der Waals surface area contributed by atoms with Crippen LogP contribution in [0, 0.1) is 12.7 Å². The number of aryl methyl sites for hydroxylation is 1. The maximum atomic E-state index is 14.0. The lowest BCUT2D eigenvalue weighted by Gasteiger charge is -2.30. The van der Waals surface area contributed by atoms with Gasteiger partial charge < -0.3 is 0 Å². The Morgan fingerprint density at radius 3 is 2.42 bits per heavy atom. The van der Waals surface area contributed by atoms with Gasteiger partial charge in [0.15, 0.2) is 0 Å². The van der Waals surface area contributed by atoms with Crippen LogP contribution in [-0.2, 0) is 4.79 Å². The summed E-state index contributed by atoms with van der Waals surface area (Å²) in [6.07, 6.45) is 1.07. The smallest absolute Gasteiger partial charge is 0.254 e. The number of benzene rings is 1. The Kier molecular flexibility index (Phi) is 4.24. The maximum absolute atomic E-state index is 14.0. The Morgan fingerprint density at radius 1 is 1.42 bits per heavy atom. The highest BCUT2D eigenvalue weighted by molar-refractivity contribution is 6.04. The van der Waals surface area contributed by atoms with E-state index in [1.165, 1.54) is 32.0 Å². The third kappa shape index (κ3) is 3.28. The molecule has 0 saturated heterocycles. The zero-order valence-electron chi connectivity index (χ0n) is 11.3. The van der Waals surface area contributed by atoms with Crippen molar-refractivity contribution in [2.45, 2.75) is 26.4 Å². The van der Waals surface area contributed by atoms with Gasteiger partial charge in [-0.15, -0.1) is 0 Å². The molecule has 0 bridgehead atoms. The van der Waals surface area contributed by atoms with Crippen LogP contribution in [0.4, 0.5) is 14.5 Å². The van der Waals surface area contributed by atoms with Crippen LogP contribution in [0.3, 0.4) is 0 Å². The third-order valence-corrected chi connectivity index (χ3v) is 2.75. The van der Waals surface area contributed by atoms with Crippen LogP contribution in [0.5, 0.6) is 0 Å². The summed E-state index contributed by atoms with van der Waals surface area (Å²) in [7, 11) is 0. The van der Waals surface area contributed by atoms with Crippen molar-refractivity contribution in [3.8, 4) is 0 Å². The molecular weight excluding hydrogens is 248 g/mol. The summed E-state index contributed by atoms with van der Waals surface area (Å²) >= 11 is 0. The molecule has 1 aromatic carbocycles. The summed E-state index contributed by atoms with van der Waals surface area (Å²) in [6, 6.07) is 3.91. The van der Waals surface area contributed by atoms with Gasteiger partial charge in [0.25, 0.3) is 5.91 Å². The fourth-order valence-corrected chi connectivity index (χ4v) is 1.62. The van der Waals surface area contributed by atoms with E-state index >= 15 is 0 Å². The Labute approximate surface area is 112 Å². The zero-order valence-corrected chi connectivity index (χ0v) is 11.3. The molecule has 0 N–H and O–H groups in total. The van der Waals surface area contributed by atoms with Crippen LogP contribution in [0.1, 0.15) is 19.4 Å². The number of carbonyl (C=O) groups excluding carboxylic acids is 1. The van der Waals surface area contributed by atoms with Crippen molar-refractivity contribution in [2.75, 3.05) is 4.90 Å². The summed E-state index contributed by atoms with van der Waals surface area (Å²) in [4.78, 5) is 13.0. The average molecular weight is 265 g/mol. The first kappa shape index (κ1) is 15.1.